The van der Waals surface area contributed by atoms with Gasteiger partial charge in [0.2, 0.25) is 0 Å². The van der Waals surface area contributed by atoms with E-state index >= 15 is 0 Å². The summed E-state index contributed by atoms with van der Waals surface area (Å²) < 4.78 is 18.7. The van der Waals surface area contributed by atoms with Crippen LogP contribution >= 0.6 is 12.4 Å². The van der Waals surface area contributed by atoms with E-state index in [9.17, 15) is 9.18 Å². The van der Waals surface area contributed by atoms with E-state index in [1.165, 1.54) is 13.2 Å². The van der Waals surface area contributed by atoms with Crippen LogP contribution in [0.5, 0.6) is 5.75 Å². The maximum Gasteiger partial charge on any atom is 0.269 e. The normalized spacial score (nSPS) is 22.1. The molecule has 1 aromatic heterocycles. The Kier molecular flexibility index (Phi) is 5.30. The van der Waals surface area contributed by atoms with Gasteiger partial charge in [0, 0.05) is 20.1 Å². The van der Waals surface area contributed by atoms with E-state index in [1.54, 1.807) is 12.1 Å². The van der Waals surface area contributed by atoms with Gasteiger partial charge in [-0.3, -0.25) is 4.79 Å². The summed E-state index contributed by atoms with van der Waals surface area (Å²) in [5, 5.41) is 5.37. The first-order valence-corrected chi connectivity index (χ1v) is 5.40. The summed E-state index contributed by atoms with van der Waals surface area (Å²) >= 11 is 0. The van der Waals surface area contributed by atoms with Crippen molar-refractivity contribution in [3.05, 3.63) is 24.0 Å². The lowest BCUT2D eigenvalue weighted by Gasteiger charge is -2.14. The van der Waals surface area contributed by atoms with Crippen molar-refractivity contribution in [1.29, 1.82) is 0 Å². The summed E-state index contributed by atoms with van der Waals surface area (Å²) in [7, 11) is 1.53. The minimum atomic E-state index is -1.01. The highest BCUT2D eigenvalue weighted by atomic mass is 35.5. The molecule has 7 heteroatoms. The van der Waals surface area contributed by atoms with Crippen molar-refractivity contribution in [2.75, 3.05) is 20.1 Å². The Morgan fingerprint density at radius 2 is 2.33 bits per heavy atom. The maximum absolute atomic E-state index is 13.3. The van der Waals surface area contributed by atoms with E-state index in [0.717, 1.165) is 0 Å². The van der Waals surface area contributed by atoms with Gasteiger partial charge < -0.3 is 15.4 Å². The highest BCUT2D eigenvalue weighted by Gasteiger charge is 2.28. The van der Waals surface area contributed by atoms with Crippen LogP contribution < -0.4 is 15.4 Å². The smallest absolute Gasteiger partial charge is 0.269 e. The van der Waals surface area contributed by atoms with Crippen molar-refractivity contribution in [2.45, 2.75) is 12.3 Å². The van der Waals surface area contributed by atoms with Gasteiger partial charge in [-0.05, 0) is 12.1 Å². The molecule has 100 valence electrons. The van der Waals surface area contributed by atoms with E-state index in [4.69, 9.17) is 4.74 Å². The van der Waals surface area contributed by atoms with Gasteiger partial charge in [0.05, 0.1) is 6.20 Å². The van der Waals surface area contributed by atoms with E-state index in [0.29, 0.717) is 24.5 Å². The van der Waals surface area contributed by atoms with Gasteiger partial charge in [-0.1, -0.05) is 0 Å². The van der Waals surface area contributed by atoms with E-state index < -0.39 is 12.3 Å². The molecule has 1 fully saturated rings. The summed E-state index contributed by atoms with van der Waals surface area (Å²) in [5.41, 5.74) is 0.307. The average Bonchev–Trinajstić information content (AvgIpc) is 2.75. The highest BCUT2D eigenvalue weighted by molar-refractivity contribution is 5.91. The number of nitrogens with one attached hydrogen (secondary N) is 2. The summed E-state index contributed by atoms with van der Waals surface area (Å²) in [4.78, 5) is 15.2. The summed E-state index contributed by atoms with van der Waals surface area (Å²) in [6, 6.07) is 3.16. The zero-order valence-electron chi connectivity index (χ0n) is 9.85. The fraction of sp³-hybridized carbons (Fsp3) is 0.455. The summed E-state index contributed by atoms with van der Waals surface area (Å²) in [6.45, 7) is 0.798. The molecule has 0 saturated carbocycles. The Morgan fingerprint density at radius 1 is 1.56 bits per heavy atom. The number of aromatic nitrogens is 1. The van der Waals surface area contributed by atoms with Gasteiger partial charge in [-0.25, -0.2) is 9.37 Å². The predicted octanol–water partition coefficient (Wildman–Crippen LogP) is 0.552. The van der Waals surface area contributed by atoms with Gasteiger partial charge in [0.15, 0.2) is 6.17 Å². The van der Waals surface area contributed by atoms with Crippen LogP contribution in [-0.2, 0) is 0 Å². The van der Waals surface area contributed by atoms with Crippen molar-refractivity contribution >= 4 is 18.3 Å². The summed E-state index contributed by atoms with van der Waals surface area (Å²) in [6.07, 6.45) is -0.0634. The number of nitrogens with zero attached hydrogens (tertiary/aromatic N) is 1. The Bertz CT molecular complexity index is 402. The lowest BCUT2D eigenvalue weighted by Crippen LogP contribution is -2.27. The number of rotatable bonds is 3. The van der Waals surface area contributed by atoms with E-state index in [-0.39, 0.29) is 18.3 Å². The zero-order valence-corrected chi connectivity index (χ0v) is 10.7. The van der Waals surface area contributed by atoms with Crippen molar-refractivity contribution < 1.29 is 13.9 Å². The zero-order chi connectivity index (χ0) is 12.3. The molecule has 1 aliphatic rings. The molecule has 0 aromatic carbocycles. The number of hydrogen-bond donors (Lipinski definition) is 2. The Morgan fingerprint density at radius 3 is 2.83 bits per heavy atom. The second kappa shape index (κ2) is 6.51. The molecule has 18 heavy (non-hydrogen) atoms. The molecule has 2 atom stereocenters. The predicted molar refractivity (Wildman–Crippen MR) is 67.1 cm³/mol. The van der Waals surface area contributed by atoms with E-state index in [2.05, 4.69) is 15.6 Å². The number of alkyl halides is 1. The SMILES string of the molecule is CNC(=O)c1ccc(O[C@H]2CNC[C@@H]2F)cn1.Cl. The van der Waals surface area contributed by atoms with Crippen molar-refractivity contribution in [2.24, 2.45) is 0 Å². The molecule has 0 aliphatic carbocycles. The minimum Gasteiger partial charge on any atom is -0.484 e. The van der Waals surface area contributed by atoms with Gasteiger partial charge in [0.25, 0.3) is 5.91 Å². The lowest BCUT2D eigenvalue weighted by molar-refractivity contribution is 0.0957. The average molecular weight is 276 g/mol. The third kappa shape index (κ3) is 3.30. The van der Waals surface area contributed by atoms with Gasteiger partial charge >= 0.3 is 0 Å². The first-order chi connectivity index (χ1) is 8.20. The molecular formula is C11H15ClFN3O2. The molecule has 0 bridgehead atoms. The quantitative estimate of drug-likeness (QED) is 0.846. The third-order valence-corrected chi connectivity index (χ3v) is 2.57. The molecule has 5 nitrogen and oxygen atoms in total. The van der Waals surface area contributed by atoms with Crippen molar-refractivity contribution in [3.8, 4) is 5.75 Å². The largest absolute Gasteiger partial charge is 0.484 e. The molecule has 0 unspecified atom stereocenters. The molecular weight excluding hydrogens is 261 g/mol. The van der Waals surface area contributed by atoms with Crippen molar-refractivity contribution in [1.82, 2.24) is 15.6 Å². The number of pyridine rings is 1. The number of halogens is 2. The monoisotopic (exact) mass is 275 g/mol. The lowest BCUT2D eigenvalue weighted by atomic mass is 10.3. The summed E-state index contributed by atoms with van der Waals surface area (Å²) in [5.74, 6) is 0.205. The molecule has 1 aromatic rings. The number of ether oxygens (including phenoxy) is 1. The van der Waals surface area contributed by atoms with Crippen molar-refractivity contribution in [3.63, 3.8) is 0 Å². The first-order valence-electron chi connectivity index (χ1n) is 5.40. The van der Waals surface area contributed by atoms with Crippen LogP contribution in [0.15, 0.2) is 18.3 Å². The fourth-order valence-electron chi connectivity index (χ4n) is 1.63. The number of amides is 1. The van der Waals surface area contributed by atoms with E-state index in [1.807, 2.05) is 0 Å². The Hall–Kier alpha value is -1.40. The second-order valence-corrected chi connectivity index (χ2v) is 3.79. The van der Waals surface area contributed by atoms with Gasteiger partial charge in [0.1, 0.15) is 17.5 Å². The molecule has 2 rings (SSSR count). The minimum absolute atomic E-state index is 0. The standard InChI is InChI=1S/C11H14FN3O2.ClH/c1-13-11(16)9-3-2-7(4-15-9)17-10-6-14-5-8(10)12;/h2-4,8,10,14H,5-6H2,1H3,(H,13,16);1H/t8-,10-;/m0./s1. The van der Waals surface area contributed by atoms with Crippen LogP contribution in [-0.4, -0.2) is 43.3 Å². The van der Waals surface area contributed by atoms with Crippen LogP contribution in [0.4, 0.5) is 4.39 Å². The molecule has 1 amide bonds. The maximum atomic E-state index is 13.3. The molecule has 2 N–H and O–H groups in total. The molecule has 1 aliphatic heterocycles. The molecule has 2 heterocycles. The second-order valence-electron chi connectivity index (χ2n) is 3.79. The number of hydrogen-bond acceptors (Lipinski definition) is 4. The highest BCUT2D eigenvalue weighted by Crippen LogP contribution is 2.16. The van der Waals surface area contributed by atoms with Crippen LogP contribution in [0.1, 0.15) is 10.5 Å². The Balaban J connectivity index is 0.00000162. The molecule has 1 saturated heterocycles. The van der Waals surface area contributed by atoms with Gasteiger partial charge in [-0.2, -0.15) is 0 Å². The van der Waals surface area contributed by atoms with Crippen LogP contribution in [0.3, 0.4) is 0 Å². The van der Waals surface area contributed by atoms with Crippen LogP contribution in [0.25, 0.3) is 0 Å². The topological polar surface area (TPSA) is 63.2 Å². The van der Waals surface area contributed by atoms with Crippen LogP contribution in [0.2, 0.25) is 0 Å². The van der Waals surface area contributed by atoms with Gasteiger partial charge in [-0.15, -0.1) is 12.4 Å². The number of carbonyl (C=O) groups is 1. The molecule has 0 radical (unpaired) electrons. The van der Waals surface area contributed by atoms with Crippen LogP contribution in [0, 0.1) is 0 Å². The Labute approximate surface area is 111 Å². The fourth-order valence-corrected chi connectivity index (χ4v) is 1.63. The number of carbonyl (C=O) groups excluding carboxylic acids is 1. The first kappa shape index (κ1) is 14.7. The molecule has 0 spiro atoms. The third-order valence-electron chi connectivity index (χ3n) is 2.57.